The van der Waals surface area contributed by atoms with Crippen LogP contribution in [0.3, 0.4) is 0 Å². The molecule has 0 amide bonds. The number of aliphatic imine (C=N–C) groups is 2. The quantitative estimate of drug-likeness (QED) is 0.519. The van der Waals surface area contributed by atoms with E-state index < -0.39 is 5.82 Å². The van der Waals surface area contributed by atoms with Gasteiger partial charge in [0.1, 0.15) is 29.2 Å². The minimum atomic E-state index is -0.428. The standard InChI is InChI=1S/C27H31FN10O/c1-16-13-36(3)14-21(16)37(4)27-30-12-20-25(35-27)26(32-15-31-20)34-19-5-6-22(17(2)24(19)28)39-18-7-10-38-23(11-18)29-8-9-33-38/h5-12,15-16,21,27,33,35H,13-14H2,1-4H3,(H,31,32,34). The smallest absolute Gasteiger partial charge is 0.176 e. The number of nitrogens with zero attached hydrogens (tertiary/aromatic N) is 7. The number of halogens is 1. The lowest BCUT2D eigenvalue weighted by atomic mass is 10.1. The zero-order valence-electron chi connectivity index (χ0n) is 22.3. The number of benzene rings is 1. The number of rotatable bonds is 6. The summed E-state index contributed by atoms with van der Waals surface area (Å²) in [5.41, 5.74) is 5.02. The molecule has 12 heteroatoms. The van der Waals surface area contributed by atoms with Crippen molar-refractivity contribution in [1.29, 1.82) is 0 Å². The number of fused-ring (bicyclic) bond motifs is 2. The van der Waals surface area contributed by atoms with Crippen molar-refractivity contribution >= 4 is 29.2 Å². The van der Waals surface area contributed by atoms with Crippen LogP contribution in [0.15, 0.2) is 65.0 Å². The molecule has 1 saturated heterocycles. The number of ether oxygens (including phenoxy) is 1. The van der Waals surface area contributed by atoms with Crippen LogP contribution in [0.4, 0.5) is 21.6 Å². The molecule has 11 nitrogen and oxygen atoms in total. The summed E-state index contributed by atoms with van der Waals surface area (Å²) in [5.74, 6) is 2.20. The van der Waals surface area contributed by atoms with Gasteiger partial charge in [0.2, 0.25) is 0 Å². The Hall–Kier alpha value is -4.29. The minimum absolute atomic E-state index is 0.280. The average Bonchev–Trinajstić information content (AvgIpc) is 3.29. The van der Waals surface area contributed by atoms with Gasteiger partial charge < -0.3 is 20.3 Å². The summed E-state index contributed by atoms with van der Waals surface area (Å²) in [6.45, 7) is 5.96. The second-order valence-corrected chi connectivity index (χ2v) is 10.2. The summed E-state index contributed by atoms with van der Waals surface area (Å²) in [7, 11) is 4.21. The molecule has 1 aromatic carbocycles. The van der Waals surface area contributed by atoms with Gasteiger partial charge in [-0.15, -0.1) is 0 Å². The SMILES string of the molecule is Cc1c(OC2=CC3=NC=CNN3C=C2)ccc(Nc2ncnc3c2NC(N(C)C2CN(C)CC2C)N=C3)c1F. The van der Waals surface area contributed by atoms with Crippen LogP contribution >= 0.6 is 0 Å². The van der Waals surface area contributed by atoms with Crippen molar-refractivity contribution < 1.29 is 9.13 Å². The molecule has 3 atom stereocenters. The van der Waals surface area contributed by atoms with Gasteiger partial charge in [-0.2, -0.15) is 0 Å². The Morgan fingerprint density at radius 3 is 2.92 bits per heavy atom. The lowest BCUT2D eigenvalue weighted by Gasteiger charge is -2.35. The Kier molecular flexibility index (Phi) is 6.49. The zero-order valence-corrected chi connectivity index (χ0v) is 22.3. The van der Waals surface area contributed by atoms with Crippen LogP contribution in [0.25, 0.3) is 0 Å². The van der Waals surface area contributed by atoms with Gasteiger partial charge in [-0.05, 0) is 45.1 Å². The van der Waals surface area contributed by atoms with E-state index in [2.05, 4.69) is 66.8 Å². The first-order valence-corrected chi connectivity index (χ1v) is 12.8. The molecule has 1 aromatic heterocycles. The summed E-state index contributed by atoms with van der Waals surface area (Å²) >= 11 is 0. The fourth-order valence-corrected chi connectivity index (χ4v) is 5.25. The number of likely N-dealkylation sites (tertiary alicyclic amines) is 1. The number of hydrazine groups is 1. The molecular formula is C27H31FN10O. The van der Waals surface area contributed by atoms with Crippen molar-refractivity contribution in [3.63, 3.8) is 0 Å². The maximum Gasteiger partial charge on any atom is 0.176 e. The van der Waals surface area contributed by atoms with Gasteiger partial charge in [0, 0.05) is 49.4 Å². The van der Waals surface area contributed by atoms with E-state index in [9.17, 15) is 0 Å². The summed E-state index contributed by atoms with van der Waals surface area (Å²) in [4.78, 5) is 22.3. The highest BCUT2D eigenvalue weighted by molar-refractivity contribution is 5.96. The Labute approximate surface area is 226 Å². The van der Waals surface area contributed by atoms with Gasteiger partial charge in [0.25, 0.3) is 0 Å². The number of hydrogen-bond acceptors (Lipinski definition) is 11. The predicted octanol–water partition coefficient (Wildman–Crippen LogP) is 3.16. The Balaban J connectivity index is 1.20. The number of allylic oxidation sites excluding steroid dienone is 1. The molecule has 0 spiro atoms. The lowest BCUT2D eigenvalue weighted by molar-refractivity contribution is 0.172. The van der Waals surface area contributed by atoms with Crippen molar-refractivity contribution in [3.8, 4) is 5.75 Å². The number of nitrogens with one attached hydrogen (secondary N) is 3. The number of likely N-dealkylation sites (N-methyl/N-ethyl adjacent to an activating group) is 2. The van der Waals surface area contributed by atoms with Crippen LogP contribution in [0.5, 0.6) is 5.75 Å². The molecule has 202 valence electrons. The number of amidine groups is 1. The third-order valence-corrected chi connectivity index (χ3v) is 7.37. The molecular weight excluding hydrogens is 499 g/mol. The Morgan fingerprint density at radius 2 is 2.10 bits per heavy atom. The summed E-state index contributed by atoms with van der Waals surface area (Å²) in [5, 5.41) is 8.36. The topological polar surface area (TPSA) is 106 Å². The largest absolute Gasteiger partial charge is 0.457 e. The van der Waals surface area contributed by atoms with Gasteiger partial charge in [0.15, 0.2) is 23.8 Å². The van der Waals surface area contributed by atoms with Crippen LogP contribution in [0.2, 0.25) is 0 Å². The monoisotopic (exact) mass is 530 g/mol. The van der Waals surface area contributed by atoms with E-state index in [4.69, 9.17) is 4.74 Å². The average molecular weight is 531 g/mol. The summed E-state index contributed by atoms with van der Waals surface area (Å²) < 4.78 is 21.6. The first-order valence-electron chi connectivity index (χ1n) is 12.8. The molecule has 1 fully saturated rings. The van der Waals surface area contributed by atoms with E-state index in [-0.39, 0.29) is 12.0 Å². The highest BCUT2D eigenvalue weighted by atomic mass is 19.1. The number of hydrogen-bond donors (Lipinski definition) is 3. The molecule has 0 saturated carbocycles. The normalized spacial score (nSPS) is 23.5. The third kappa shape index (κ3) is 4.84. The van der Waals surface area contributed by atoms with E-state index in [1.807, 2.05) is 0 Å². The van der Waals surface area contributed by atoms with Gasteiger partial charge in [-0.25, -0.2) is 24.4 Å². The number of aromatic nitrogens is 2. The highest BCUT2D eigenvalue weighted by Gasteiger charge is 2.35. The van der Waals surface area contributed by atoms with Crippen LogP contribution in [0, 0.1) is 18.7 Å². The maximum absolute atomic E-state index is 15.6. The molecule has 3 unspecified atom stereocenters. The van der Waals surface area contributed by atoms with Crippen LogP contribution in [0.1, 0.15) is 18.2 Å². The van der Waals surface area contributed by atoms with Crippen LogP contribution in [-0.4, -0.2) is 76.3 Å². The predicted molar refractivity (Wildman–Crippen MR) is 149 cm³/mol. The third-order valence-electron chi connectivity index (χ3n) is 7.37. The van der Waals surface area contributed by atoms with Crippen molar-refractivity contribution in [2.24, 2.45) is 15.9 Å². The van der Waals surface area contributed by atoms with Crippen molar-refractivity contribution in [2.45, 2.75) is 26.2 Å². The minimum Gasteiger partial charge on any atom is -0.457 e. The highest BCUT2D eigenvalue weighted by Crippen LogP contribution is 2.34. The Bertz CT molecular complexity index is 1430. The first-order chi connectivity index (χ1) is 18.9. The molecule has 3 N–H and O–H groups in total. The van der Waals surface area contributed by atoms with Crippen LogP contribution in [-0.2, 0) is 0 Å². The molecule has 2 aromatic rings. The van der Waals surface area contributed by atoms with Gasteiger partial charge in [0.05, 0.1) is 11.9 Å². The molecule has 5 heterocycles. The van der Waals surface area contributed by atoms with Crippen molar-refractivity contribution in [3.05, 3.63) is 72.0 Å². The molecule has 39 heavy (non-hydrogen) atoms. The van der Waals surface area contributed by atoms with Crippen molar-refractivity contribution in [2.75, 3.05) is 37.8 Å². The molecule has 0 bridgehead atoms. The maximum atomic E-state index is 15.6. The zero-order chi connectivity index (χ0) is 27.1. The van der Waals surface area contributed by atoms with Crippen LogP contribution < -0.4 is 20.8 Å². The van der Waals surface area contributed by atoms with Gasteiger partial charge in [-0.3, -0.25) is 15.3 Å². The van der Waals surface area contributed by atoms with E-state index in [0.29, 0.717) is 52.1 Å². The molecule has 4 aliphatic heterocycles. The number of anilines is 3. The molecule has 4 aliphatic rings. The fourth-order valence-electron chi connectivity index (χ4n) is 5.25. The molecule has 0 radical (unpaired) electrons. The second kappa shape index (κ2) is 10.1. The lowest BCUT2D eigenvalue weighted by Crippen LogP contribution is -2.48. The van der Waals surface area contributed by atoms with E-state index in [1.54, 1.807) is 61.0 Å². The summed E-state index contributed by atoms with van der Waals surface area (Å²) in [6, 6.07) is 3.74. The molecule has 6 rings (SSSR count). The van der Waals surface area contributed by atoms with Crippen molar-refractivity contribution in [1.82, 2.24) is 30.2 Å². The Morgan fingerprint density at radius 1 is 1.23 bits per heavy atom. The van der Waals surface area contributed by atoms with Gasteiger partial charge >= 0.3 is 0 Å². The van der Waals surface area contributed by atoms with E-state index in [1.165, 1.54) is 6.33 Å². The second-order valence-electron chi connectivity index (χ2n) is 10.2. The summed E-state index contributed by atoms with van der Waals surface area (Å²) in [6.07, 6.45) is 11.6. The van der Waals surface area contributed by atoms with E-state index in [0.717, 1.165) is 13.1 Å². The van der Waals surface area contributed by atoms with E-state index >= 15 is 4.39 Å². The first kappa shape index (κ1) is 25.0. The molecule has 0 aliphatic carbocycles. The van der Waals surface area contributed by atoms with Gasteiger partial charge in [-0.1, -0.05) is 6.92 Å². The fraction of sp³-hybridized carbons (Fsp3) is 0.333.